The van der Waals surface area contributed by atoms with Crippen LogP contribution in [0.1, 0.15) is 48.8 Å². The zero-order valence-electron chi connectivity index (χ0n) is 23.5. The van der Waals surface area contributed by atoms with Crippen LogP contribution in [0.5, 0.6) is 0 Å². The Morgan fingerprint density at radius 2 is 1.78 bits per heavy atom. The van der Waals surface area contributed by atoms with E-state index in [1.807, 2.05) is 36.5 Å². The number of amides is 3. The molecular weight excluding hydrogens is 518 g/mol. The van der Waals surface area contributed by atoms with Crippen molar-refractivity contribution in [3.8, 4) is 0 Å². The number of fused-ring (bicyclic) bond motifs is 3. The smallest absolute Gasteiger partial charge is 0.328 e. The Kier molecular flexibility index (Phi) is 8.73. The largest absolute Gasteiger partial charge is 0.467 e. The Balaban J connectivity index is 1.30. The summed E-state index contributed by atoms with van der Waals surface area (Å²) in [7, 11) is 1.30. The topological polar surface area (TPSA) is 130 Å². The van der Waals surface area contributed by atoms with Crippen molar-refractivity contribution in [3.05, 3.63) is 77.5 Å². The van der Waals surface area contributed by atoms with Gasteiger partial charge in [0.2, 0.25) is 5.91 Å². The number of esters is 1. The summed E-state index contributed by atoms with van der Waals surface area (Å²) in [5.74, 6) is -0.938. The second-order valence-corrected chi connectivity index (χ2v) is 11.0. The van der Waals surface area contributed by atoms with E-state index >= 15 is 0 Å². The maximum absolute atomic E-state index is 13.6. The number of hydrogen-bond acceptors (Lipinski definition) is 5. The van der Waals surface area contributed by atoms with Crippen molar-refractivity contribution < 1.29 is 19.1 Å². The van der Waals surface area contributed by atoms with Gasteiger partial charge < -0.3 is 31.0 Å². The van der Waals surface area contributed by atoms with Crippen LogP contribution in [0, 0.1) is 0 Å². The zero-order valence-corrected chi connectivity index (χ0v) is 23.5. The molecule has 0 bridgehead atoms. The van der Waals surface area contributed by atoms with Gasteiger partial charge in [-0.15, -0.1) is 0 Å². The highest BCUT2D eigenvalue weighted by Gasteiger charge is 2.39. The van der Waals surface area contributed by atoms with Crippen LogP contribution in [-0.4, -0.2) is 66.6 Å². The van der Waals surface area contributed by atoms with Gasteiger partial charge in [-0.05, 0) is 61.4 Å². The van der Waals surface area contributed by atoms with Gasteiger partial charge in [0.05, 0.1) is 7.11 Å². The molecule has 0 radical (unpaired) electrons. The summed E-state index contributed by atoms with van der Waals surface area (Å²) in [4.78, 5) is 44.7. The molecule has 2 atom stereocenters. The van der Waals surface area contributed by atoms with Crippen molar-refractivity contribution in [2.75, 3.05) is 26.7 Å². The van der Waals surface area contributed by atoms with Crippen molar-refractivity contribution in [3.63, 3.8) is 0 Å². The quantitative estimate of drug-likeness (QED) is 0.223. The normalized spacial score (nSPS) is 16.8. The van der Waals surface area contributed by atoms with Gasteiger partial charge in [-0.2, -0.15) is 0 Å². The molecule has 0 unspecified atom stereocenters. The lowest BCUT2D eigenvalue weighted by Gasteiger charge is -2.39. The molecule has 1 spiro atoms. The monoisotopic (exact) mass is 557 g/mol. The first kappa shape index (κ1) is 28.4. The lowest BCUT2D eigenvalue weighted by Crippen LogP contribution is -2.56. The predicted octanol–water partition coefficient (Wildman–Crippen LogP) is 3.64. The highest BCUT2D eigenvalue weighted by molar-refractivity contribution is 5.92. The van der Waals surface area contributed by atoms with Gasteiger partial charge in [-0.3, -0.25) is 4.79 Å². The van der Waals surface area contributed by atoms with Gasteiger partial charge >= 0.3 is 12.0 Å². The lowest BCUT2D eigenvalue weighted by molar-refractivity contribution is -0.145. The van der Waals surface area contributed by atoms with E-state index in [1.165, 1.54) is 18.2 Å². The van der Waals surface area contributed by atoms with E-state index in [-0.39, 0.29) is 17.9 Å². The predicted molar refractivity (Wildman–Crippen MR) is 159 cm³/mol. The van der Waals surface area contributed by atoms with Gasteiger partial charge in [0.15, 0.2) is 0 Å². The summed E-state index contributed by atoms with van der Waals surface area (Å²) < 4.78 is 4.94. The number of likely N-dealkylation sites (tertiary alicyclic amines) is 1. The number of para-hydroxylation sites is 1. The molecule has 1 aliphatic heterocycles. The number of rotatable bonds is 10. The number of methoxy groups -OCH3 is 1. The number of aromatic nitrogens is 1. The van der Waals surface area contributed by atoms with E-state index < -0.39 is 24.0 Å². The van der Waals surface area contributed by atoms with E-state index in [1.54, 1.807) is 4.90 Å². The molecule has 5 rings (SSSR count). The standard InChI is InChI=1S/C32H39N5O4/c1-41-30(39)27(12-6-7-17-33)35-29(38)28(20-23-21-34-26-11-5-3-9-24(23)26)36-31(40)37-18-15-32(16-19-37)14-13-22-8-2-4-10-25(22)32/h2-5,8-11,13-14,21,27-28,34H,6-7,12,15-20,33H2,1H3,(H,35,38)(H,36,40)/t27-,28+/m0/s1. The number of benzene rings is 2. The van der Waals surface area contributed by atoms with Crippen LogP contribution < -0.4 is 16.4 Å². The molecule has 9 heteroatoms. The molecule has 2 aliphatic rings. The third kappa shape index (κ3) is 6.15. The van der Waals surface area contributed by atoms with Crippen molar-refractivity contribution in [1.29, 1.82) is 0 Å². The molecule has 9 nitrogen and oxygen atoms in total. The maximum atomic E-state index is 13.6. The molecular formula is C32H39N5O4. The molecule has 1 fully saturated rings. The number of piperidine rings is 1. The van der Waals surface area contributed by atoms with E-state index in [9.17, 15) is 14.4 Å². The zero-order chi connectivity index (χ0) is 28.8. The van der Waals surface area contributed by atoms with Crippen LogP contribution in [0.4, 0.5) is 4.79 Å². The molecule has 216 valence electrons. The SMILES string of the molecule is COC(=O)[C@H](CCCCN)NC(=O)[C@@H](Cc1c[nH]c2ccccc12)NC(=O)N1CCC2(C=Cc3ccccc32)CC1. The second-order valence-electron chi connectivity index (χ2n) is 11.0. The molecule has 0 saturated carbocycles. The van der Waals surface area contributed by atoms with Crippen LogP contribution >= 0.6 is 0 Å². The van der Waals surface area contributed by atoms with E-state index in [0.29, 0.717) is 32.5 Å². The van der Waals surface area contributed by atoms with Gasteiger partial charge in [0, 0.05) is 42.0 Å². The molecule has 5 N–H and O–H groups in total. The Morgan fingerprint density at radius 1 is 1.02 bits per heavy atom. The highest BCUT2D eigenvalue weighted by atomic mass is 16.5. The number of allylic oxidation sites excluding steroid dienone is 1. The summed E-state index contributed by atoms with van der Waals surface area (Å²) in [6, 6.07) is 14.3. The molecule has 1 aliphatic carbocycles. The van der Waals surface area contributed by atoms with E-state index in [0.717, 1.165) is 35.7 Å². The summed E-state index contributed by atoms with van der Waals surface area (Å²) in [6.07, 6.45) is 10.0. The van der Waals surface area contributed by atoms with E-state index in [4.69, 9.17) is 10.5 Å². The number of aromatic amines is 1. The van der Waals surface area contributed by atoms with Crippen LogP contribution in [0.2, 0.25) is 0 Å². The number of H-pyrrole nitrogens is 1. The number of ether oxygens (including phenoxy) is 1. The summed E-state index contributed by atoms with van der Waals surface area (Å²) in [5, 5.41) is 6.81. The number of nitrogens with two attached hydrogens (primary N) is 1. The van der Waals surface area contributed by atoms with Crippen molar-refractivity contribution in [2.24, 2.45) is 5.73 Å². The Hall–Kier alpha value is -4.11. The van der Waals surface area contributed by atoms with Crippen molar-refractivity contribution in [1.82, 2.24) is 20.5 Å². The fourth-order valence-corrected chi connectivity index (χ4v) is 6.11. The number of nitrogens with one attached hydrogen (secondary N) is 3. The first-order valence-electron chi connectivity index (χ1n) is 14.4. The maximum Gasteiger partial charge on any atom is 0.328 e. The lowest BCUT2D eigenvalue weighted by atomic mass is 9.74. The Morgan fingerprint density at radius 3 is 2.56 bits per heavy atom. The van der Waals surface area contributed by atoms with Gasteiger partial charge in [-0.25, -0.2) is 9.59 Å². The minimum absolute atomic E-state index is 0.0501. The second kappa shape index (κ2) is 12.6. The number of nitrogens with zero attached hydrogens (tertiary/aromatic N) is 1. The van der Waals surface area contributed by atoms with Gasteiger partial charge in [-0.1, -0.05) is 54.6 Å². The first-order chi connectivity index (χ1) is 19.9. The summed E-state index contributed by atoms with van der Waals surface area (Å²) in [6.45, 7) is 1.66. The number of carbonyl (C=O) groups excluding carboxylic acids is 3. The first-order valence-corrected chi connectivity index (χ1v) is 14.4. The minimum atomic E-state index is -0.883. The van der Waals surface area contributed by atoms with Crippen LogP contribution in [-0.2, 0) is 26.2 Å². The molecule has 41 heavy (non-hydrogen) atoms. The van der Waals surface area contributed by atoms with Crippen LogP contribution in [0.15, 0.2) is 60.8 Å². The number of carbonyl (C=O) groups is 3. The minimum Gasteiger partial charge on any atom is -0.467 e. The molecule has 1 saturated heterocycles. The molecule has 2 heterocycles. The molecule has 2 aromatic carbocycles. The van der Waals surface area contributed by atoms with E-state index in [2.05, 4.69) is 46.0 Å². The molecule has 1 aromatic heterocycles. The highest BCUT2D eigenvalue weighted by Crippen LogP contribution is 2.43. The average molecular weight is 558 g/mol. The fourth-order valence-electron chi connectivity index (χ4n) is 6.11. The van der Waals surface area contributed by atoms with Crippen LogP contribution in [0.25, 0.3) is 17.0 Å². The van der Waals surface area contributed by atoms with Crippen molar-refractivity contribution >= 4 is 34.9 Å². The van der Waals surface area contributed by atoms with Gasteiger partial charge in [0.1, 0.15) is 12.1 Å². The average Bonchev–Trinajstić information content (AvgIpc) is 3.57. The third-order valence-electron chi connectivity index (χ3n) is 8.48. The van der Waals surface area contributed by atoms with Crippen LogP contribution in [0.3, 0.4) is 0 Å². The summed E-state index contributed by atoms with van der Waals surface area (Å²) in [5.41, 5.74) is 9.99. The Bertz CT molecular complexity index is 1420. The third-order valence-corrected chi connectivity index (χ3v) is 8.48. The van der Waals surface area contributed by atoms with Crippen molar-refractivity contribution in [2.45, 2.75) is 56.0 Å². The fraction of sp³-hybridized carbons (Fsp3) is 0.406. The number of hydrogen-bond donors (Lipinski definition) is 4. The molecule has 3 amide bonds. The van der Waals surface area contributed by atoms with Gasteiger partial charge in [0.25, 0.3) is 0 Å². The molecule has 3 aromatic rings. The Labute approximate surface area is 240 Å². The number of urea groups is 1. The summed E-state index contributed by atoms with van der Waals surface area (Å²) >= 11 is 0. The number of unbranched alkanes of at least 4 members (excludes halogenated alkanes) is 1.